The Balaban J connectivity index is 0.00000243. The van der Waals surface area contributed by atoms with E-state index in [9.17, 15) is 14.4 Å². The van der Waals surface area contributed by atoms with Gasteiger partial charge in [0.1, 0.15) is 6.42 Å². The topological polar surface area (TPSA) is 83.5 Å². The van der Waals surface area contributed by atoms with Crippen molar-refractivity contribution in [1.29, 1.82) is 0 Å². The van der Waals surface area contributed by atoms with Crippen molar-refractivity contribution >= 4 is 30.3 Å². The Morgan fingerprint density at radius 1 is 0.731 bits per heavy atom. The maximum atomic E-state index is 12.6. The number of rotatable bonds is 6. The van der Waals surface area contributed by atoms with Gasteiger partial charge >= 0.3 is 6.03 Å². The fourth-order valence-electron chi connectivity index (χ4n) is 2.70. The molecule has 0 unspecified atom stereocenters. The number of pyridine rings is 2. The van der Waals surface area contributed by atoms with Gasteiger partial charge in [-0.1, -0.05) is 0 Å². The van der Waals surface area contributed by atoms with Crippen molar-refractivity contribution in [2.75, 3.05) is 13.1 Å². The van der Waals surface area contributed by atoms with Gasteiger partial charge in [-0.05, 0) is 48.2 Å². The second-order valence-electron chi connectivity index (χ2n) is 5.76. The molecular formula is C18H19ClN4O3. The molecule has 0 bridgehead atoms. The van der Waals surface area contributed by atoms with Crippen LogP contribution in [0.5, 0.6) is 0 Å². The van der Waals surface area contributed by atoms with Gasteiger partial charge in [0.2, 0.25) is 11.8 Å². The van der Waals surface area contributed by atoms with E-state index in [1.54, 1.807) is 24.8 Å². The SMILES string of the molecule is Cl.O=C1CC(=O)N(CCc2ccncc2)C(=O)N1CCc1ccncc1. The van der Waals surface area contributed by atoms with Crippen LogP contribution in [0.3, 0.4) is 0 Å². The summed E-state index contributed by atoms with van der Waals surface area (Å²) >= 11 is 0. The summed E-state index contributed by atoms with van der Waals surface area (Å²) in [5, 5.41) is 0. The molecule has 1 aliphatic rings. The van der Waals surface area contributed by atoms with E-state index in [2.05, 4.69) is 9.97 Å². The minimum Gasteiger partial charge on any atom is -0.274 e. The van der Waals surface area contributed by atoms with Crippen molar-refractivity contribution in [3.63, 3.8) is 0 Å². The molecule has 1 aliphatic heterocycles. The number of hydrogen-bond acceptors (Lipinski definition) is 5. The zero-order valence-electron chi connectivity index (χ0n) is 14.1. The zero-order valence-corrected chi connectivity index (χ0v) is 14.9. The summed E-state index contributed by atoms with van der Waals surface area (Å²) in [5.74, 6) is -0.881. The summed E-state index contributed by atoms with van der Waals surface area (Å²) in [6.45, 7) is 0.501. The van der Waals surface area contributed by atoms with Crippen LogP contribution in [0.2, 0.25) is 0 Å². The molecule has 0 atom stereocenters. The molecule has 2 aromatic rings. The van der Waals surface area contributed by atoms with Crippen LogP contribution in [-0.4, -0.2) is 50.7 Å². The van der Waals surface area contributed by atoms with Crippen molar-refractivity contribution in [3.8, 4) is 0 Å². The third-order valence-electron chi connectivity index (χ3n) is 4.11. The van der Waals surface area contributed by atoms with Gasteiger partial charge in [-0.15, -0.1) is 12.4 Å². The number of carbonyl (C=O) groups is 3. The first kappa shape index (κ1) is 19.5. The molecule has 26 heavy (non-hydrogen) atoms. The minimum absolute atomic E-state index is 0. The van der Waals surface area contributed by atoms with Crippen LogP contribution < -0.4 is 0 Å². The van der Waals surface area contributed by atoms with Gasteiger partial charge in [-0.3, -0.25) is 29.4 Å². The maximum absolute atomic E-state index is 12.6. The summed E-state index contributed by atoms with van der Waals surface area (Å²) in [4.78, 5) is 47.0. The lowest BCUT2D eigenvalue weighted by molar-refractivity contribution is -0.142. The van der Waals surface area contributed by atoms with Crippen molar-refractivity contribution in [3.05, 3.63) is 60.2 Å². The standard InChI is InChI=1S/C18H18N4O3.ClH/c23-16-13-17(24)22(12-6-15-3-9-20-10-4-15)18(25)21(16)11-5-14-1-7-19-8-2-14;/h1-4,7-10H,5-6,11-13H2;1H. The first-order valence-corrected chi connectivity index (χ1v) is 8.07. The van der Waals surface area contributed by atoms with Crippen LogP contribution in [0.1, 0.15) is 17.5 Å². The molecule has 0 aromatic carbocycles. The molecule has 3 heterocycles. The number of barbiturate groups is 1. The number of carbonyl (C=O) groups excluding carboxylic acids is 3. The van der Waals surface area contributed by atoms with Gasteiger partial charge in [0.25, 0.3) is 0 Å². The van der Waals surface area contributed by atoms with Crippen LogP contribution in [0.25, 0.3) is 0 Å². The molecule has 0 radical (unpaired) electrons. The third-order valence-corrected chi connectivity index (χ3v) is 4.11. The van der Waals surface area contributed by atoms with Crippen LogP contribution >= 0.6 is 12.4 Å². The average Bonchev–Trinajstić information content (AvgIpc) is 2.63. The highest BCUT2D eigenvalue weighted by molar-refractivity contribution is 6.14. The second kappa shape index (κ2) is 9.05. The number of urea groups is 1. The Bertz CT molecular complexity index is 707. The number of nitrogens with zero attached hydrogens (tertiary/aromatic N) is 4. The Morgan fingerprint density at radius 3 is 1.50 bits per heavy atom. The Morgan fingerprint density at radius 2 is 1.12 bits per heavy atom. The highest BCUT2D eigenvalue weighted by atomic mass is 35.5. The fourth-order valence-corrected chi connectivity index (χ4v) is 2.70. The quantitative estimate of drug-likeness (QED) is 0.721. The Labute approximate surface area is 157 Å². The van der Waals surface area contributed by atoms with Crippen LogP contribution in [0, 0.1) is 0 Å². The van der Waals surface area contributed by atoms with Crippen molar-refractivity contribution in [2.45, 2.75) is 19.3 Å². The Hall–Kier alpha value is -2.80. The molecule has 8 heteroatoms. The number of hydrogen-bond donors (Lipinski definition) is 0. The number of imide groups is 2. The largest absolute Gasteiger partial charge is 0.333 e. The van der Waals surface area contributed by atoms with E-state index in [1.165, 1.54) is 0 Å². The summed E-state index contributed by atoms with van der Waals surface area (Å²) in [5.41, 5.74) is 1.96. The highest BCUT2D eigenvalue weighted by Crippen LogP contribution is 2.14. The molecule has 7 nitrogen and oxygen atoms in total. The van der Waals surface area contributed by atoms with E-state index in [0.717, 1.165) is 20.9 Å². The van der Waals surface area contributed by atoms with Gasteiger partial charge < -0.3 is 0 Å². The predicted molar refractivity (Wildman–Crippen MR) is 96.6 cm³/mol. The fraction of sp³-hybridized carbons (Fsp3) is 0.278. The van der Waals surface area contributed by atoms with Gasteiger partial charge in [0.05, 0.1) is 0 Å². The zero-order chi connectivity index (χ0) is 17.6. The molecule has 0 aliphatic carbocycles. The second-order valence-corrected chi connectivity index (χ2v) is 5.76. The molecular weight excluding hydrogens is 356 g/mol. The van der Waals surface area contributed by atoms with Crippen LogP contribution in [0.15, 0.2) is 49.1 Å². The average molecular weight is 375 g/mol. The maximum Gasteiger partial charge on any atom is 0.333 e. The number of amides is 4. The van der Waals surface area contributed by atoms with Gasteiger partial charge in [0.15, 0.2) is 0 Å². The predicted octanol–water partition coefficient (Wildman–Crippen LogP) is 1.86. The van der Waals surface area contributed by atoms with E-state index >= 15 is 0 Å². The van der Waals surface area contributed by atoms with E-state index in [4.69, 9.17) is 0 Å². The molecule has 2 aromatic heterocycles. The monoisotopic (exact) mass is 374 g/mol. The molecule has 0 N–H and O–H groups in total. The molecule has 4 amide bonds. The molecule has 0 saturated carbocycles. The molecule has 136 valence electrons. The van der Waals surface area contributed by atoms with Gasteiger partial charge in [0, 0.05) is 37.9 Å². The third kappa shape index (κ3) is 4.64. The van der Waals surface area contributed by atoms with E-state index in [1.807, 2.05) is 24.3 Å². The minimum atomic E-state index is -0.538. The number of aromatic nitrogens is 2. The lowest BCUT2D eigenvalue weighted by Crippen LogP contribution is -2.55. The van der Waals surface area contributed by atoms with Crippen molar-refractivity contribution < 1.29 is 14.4 Å². The molecule has 0 spiro atoms. The molecule has 3 rings (SSSR count). The Kier molecular flexibility index (Phi) is 6.80. The highest BCUT2D eigenvalue weighted by Gasteiger charge is 2.37. The summed E-state index contributed by atoms with van der Waals surface area (Å²) < 4.78 is 0. The van der Waals surface area contributed by atoms with Crippen molar-refractivity contribution in [1.82, 2.24) is 19.8 Å². The number of halogens is 1. The van der Waals surface area contributed by atoms with Gasteiger partial charge in [-0.2, -0.15) is 0 Å². The molecule has 1 fully saturated rings. The van der Waals surface area contributed by atoms with Crippen LogP contribution in [-0.2, 0) is 22.4 Å². The lowest BCUT2D eigenvalue weighted by atomic mass is 10.1. The first-order chi connectivity index (χ1) is 12.1. The first-order valence-electron chi connectivity index (χ1n) is 8.07. The summed E-state index contributed by atoms with van der Waals surface area (Å²) in [6.07, 6.45) is 7.47. The van der Waals surface area contributed by atoms with E-state index in [-0.39, 0.29) is 31.9 Å². The summed E-state index contributed by atoms with van der Waals surface area (Å²) in [7, 11) is 0. The molecule has 1 saturated heterocycles. The summed E-state index contributed by atoms with van der Waals surface area (Å²) in [6, 6.07) is 6.82. The lowest BCUT2D eigenvalue weighted by Gasteiger charge is -2.32. The van der Waals surface area contributed by atoms with E-state index in [0.29, 0.717) is 12.8 Å². The smallest absolute Gasteiger partial charge is 0.274 e. The van der Waals surface area contributed by atoms with E-state index < -0.39 is 17.8 Å². The van der Waals surface area contributed by atoms with Crippen LogP contribution in [0.4, 0.5) is 4.79 Å². The normalized spacial score (nSPS) is 14.4. The van der Waals surface area contributed by atoms with Gasteiger partial charge in [-0.25, -0.2) is 4.79 Å². The van der Waals surface area contributed by atoms with Crippen molar-refractivity contribution in [2.24, 2.45) is 0 Å².